The van der Waals surface area contributed by atoms with Crippen molar-refractivity contribution in [3.63, 3.8) is 0 Å². The van der Waals surface area contributed by atoms with Crippen LogP contribution in [0.25, 0.3) is 21.7 Å². The summed E-state index contributed by atoms with van der Waals surface area (Å²) in [6, 6.07) is 26.0. The number of hydrogen-bond donors (Lipinski definition) is 4. The Labute approximate surface area is 213 Å². The van der Waals surface area contributed by atoms with Gasteiger partial charge in [-0.25, -0.2) is 8.42 Å². The predicted octanol–water partition coefficient (Wildman–Crippen LogP) is 4.40. The Morgan fingerprint density at radius 3 is 2.41 bits per heavy atom. The van der Waals surface area contributed by atoms with E-state index in [9.17, 15) is 13.2 Å². The number of nitrogens with zero attached hydrogens (tertiary/aromatic N) is 1. The van der Waals surface area contributed by atoms with E-state index < -0.39 is 10.0 Å². The van der Waals surface area contributed by atoms with Gasteiger partial charge in [0.1, 0.15) is 10.7 Å². The van der Waals surface area contributed by atoms with Crippen LogP contribution in [0.15, 0.2) is 102 Å². The number of nitrogens with one attached hydrogen (secondary N) is 3. The van der Waals surface area contributed by atoms with Gasteiger partial charge in [0, 0.05) is 34.9 Å². The molecule has 0 unspecified atom stereocenters. The summed E-state index contributed by atoms with van der Waals surface area (Å²) in [4.78, 5) is 17.4. The number of fused-ring (bicyclic) bond motifs is 2. The van der Waals surface area contributed by atoms with E-state index in [4.69, 9.17) is 11.1 Å². The molecule has 37 heavy (non-hydrogen) atoms. The van der Waals surface area contributed by atoms with Gasteiger partial charge in [0.15, 0.2) is 0 Å². The Morgan fingerprint density at radius 1 is 0.892 bits per heavy atom. The maximum atomic E-state index is 13.2. The summed E-state index contributed by atoms with van der Waals surface area (Å²) < 4.78 is 29.1. The standard InChI is InChI=1S/C28H23N5O3S/c29-27(30)21-11-9-18(10-12-21)17-32-28(34)23-7-1-4-19-13-14-22(16-24(19)23)33-37(35,36)25-8-2-5-20-6-3-15-31-26(20)25/h1-16,33H,17H2,(H3,29,30)(H,32,34). The lowest BCUT2D eigenvalue weighted by molar-refractivity contribution is 0.0952. The van der Waals surface area contributed by atoms with E-state index in [2.05, 4.69) is 15.0 Å². The minimum Gasteiger partial charge on any atom is -0.384 e. The molecule has 1 aromatic heterocycles. The molecule has 0 aliphatic carbocycles. The number of nitrogen functional groups attached to an aromatic ring is 1. The first kappa shape index (κ1) is 24.0. The van der Waals surface area contributed by atoms with Gasteiger partial charge in [0.2, 0.25) is 0 Å². The molecule has 0 spiro atoms. The second kappa shape index (κ2) is 9.71. The predicted molar refractivity (Wildman–Crippen MR) is 145 cm³/mol. The van der Waals surface area contributed by atoms with Crippen molar-refractivity contribution in [3.05, 3.63) is 114 Å². The zero-order chi connectivity index (χ0) is 26.0. The van der Waals surface area contributed by atoms with Crippen molar-refractivity contribution in [2.24, 2.45) is 5.73 Å². The van der Waals surface area contributed by atoms with Crippen molar-refractivity contribution in [2.45, 2.75) is 11.4 Å². The number of carbonyl (C=O) groups is 1. The summed E-state index contributed by atoms with van der Waals surface area (Å²) in [6.07, 6.45) is 1.56. The van der Waals surface area contributed by atoms with Crippen LogP contribution in [0.5, 0.6) is 0 Å². The smallest absolute Gasteiger partial charge is 0.264 e. The molecule has 8 nitrogen and oxygen atoms in total. The Hall–Kier alpha value is -4.76. The van der Waals surface area contributed by atoms with Crippen molar-refractivity contribution >= 4 is 49.1 Å². The molecule has 4 aromatic carbocycles. The first-order valence-corrected chi connectivity index (χ1v) is 12.9. The van der Waals surface area contributed by atoms with E-state index in [0.29, 0.717) is 27.7 Å². The van der Waals surface area contributed by atoms with Gasteiger partial charge in [0.05, 0.1) is 5.52 Å². The van der Waals surface area contributed by atoms with Gasteiger partial charge in [-0.05, 0) is 46.7 Å². The summed E-state index contributed by atoms with van der Waals surface area (Å²) in [5.74, 6) is -0.311. The van der Waals surface area contributed by atoms with Gasteiger partial charge < -0.3 is 11.1 Å². The fourth-order valence-electron chi connectivity index (χ4n) is 4.12. The molecule has 5 N–H and O–H groups in total. The van der Waals surface area contributed by atoms with E-state index in [1.807, 2.05) is 6.07 Å². The molecule has 9 heteroatoms. The van der Waals surface area contributed by atoms with Crippen LogP contribution in [0.1, 0.15) is 21.5 Å². The normalized spacial score (nSPS) is 11.4. The fourth-order valence-corrected chi connectivity index (χ4v) is 5.35. The van der Waals surface area contributed by atoms with Gasteiger partial charge in [-0.15, -0.1) is 0 Å². The summed E-state index contributed by atoms with van der Waals surface area (Å²) in [5.41, 5.74) is 8.10. The van der Waals surface area contributed by atoms with Crippen LogP contribution < -0.4 is 15.8 Å². The van der Waals surface area contributed by atoms with E-state index in [1.54, 1.807) is 85.1 Å². The maximum Gasteiger partial charge on any atom is 0.264 e. The van der Waals surface area contributed by atoms with Crippen molar-refractivity contribution in [2.75, 3.05) is 4.72 Å². The summed E-state index contributed by atoms with van der Waals surface area (Å²) in [5, 5.41) is 12.5. The average Bonchev–Trinajstić information content (AvgIpc) is 2.91. The molecule has 184 valence electrons. The fraction of sp³-hybridized carbons (Fsp3) is 0.0357. The Morgan fingerprint density at radius 2 is 1.62 bits per heavy atom. The third kappa shape index (κ3) is 4.98. The van der Waals surface area contributed by atoms with Crippen LogP contribution in [-0.2, 0) is 16.6 Å². The van der Waals surface area contributed by atoms with Gasteiger partial charge >= 0.3 is 0 Å². The summed E-state index contributed by atoms with van der Waals surface area (Å²) in [7, 11) is -3.93. The molecule has 1 heterocycles. The summed E-state index contributed by atoms with van der Waals surface area (Å²) >= 11 is 0. The number of amides is 1. The number of amidine groups is 1. The lowest BCUT2D eigenvalue weighted by Gasteiger charge is -2.12. The molecule has 5 aromatic rings. The van der Waals surface area contributed by atoms with Crippen LogP contribution in [0.4, 0.5) is 5.69 Å². The van der Waals surface area contributed by atoms with Gasteiger partial charge in [-0.1, -0.05) is 60.7 Å². The zero-order valence-electron chi connectivity index (χ0n) is 19.6. The molecule has 0 saturated carbocycles. The second-order valence-corrected chi connectivity index (χ2v) is 10.1. The third-order valence-corrected chi connectivity index (χ3v) is 7.40. The van der Waals surface area contributed by atoms with Crippen molar-refractivity contribution < 1.29 is 13.2 Å². The topological polar surface area (TPSA) is 138 Å². The molecule has 0 aliphatic heterocycles. The Kier molecular flexibility index (Phi) is 6.29. The van der Waals surface area contributed by atoms with E-state index in [0.717, 1.165) is 16.3 Å². The van der Waals surface area contributed by atoms with Crippen LogP contribution >= 0.6 is 0 Å². The molecule has 0 radical (unpaired) electrons. The molecule has 0 aliphatic rings. The Bertz CT molecular complexity index is 1760. The highest BCUT2D eigenvalue weighted by molar-refractivity contribution is 7.93. The van der Waals surface area contributed by atoms with Crippen molar-refractivity contribution in [1.82, 2.24) is 10.3 Å². The first-order valence-electron chi connectivity index (χ1n) is 11.4. The Balaban J connectivity index is 1.41. The number of benzene rings is 4. The number of carbonyl (C=O) groups excluding carboxylic acids is 1. The second-order valence-electron chi connectivity index (χ2n) is 8.47. The highest BCUT2D eigenvalue weighted by atomic mass is 32.2. The van der Waals surface area contributed by atoms with Gasteiger partial charge in [-0.3, -0.25) is 19.9 Å². The highest BCUT2D eigenvalue weighted by Gasteiger charge is 2.19. The summed E-state index contributed by atoms with van der Waals surface area (Å²) in [6.45, 7) is 0.286. The molecule has 0 bridgehead atoms. The van der Waals surface area contributed by atoms with Crippen LogP contribution in [0.3, 0.4) is 0 Å². The molecule has 5 rings (SSSR count). The minimum absolute atomic E-state index is 0.0190. The number of hydrogen-bond acceptors (Lipinski definition) is 5. The van der Waals surface area contributed by atoms with Gasteiger partial charge in [-0.2, -0.15) is 0 Å². The lowest BCUT2D eigenvalue weighted by Crippen LogP contribution is -2.23. The largest absolute Gasteiger partial charge is 0.384 e. The molecule has 0 atom stereocenters. The van der Waals surface area contributed by atoms with Crippen molar-refractivity contribution in [3.8, 4) is 0 Å². The van der Waals surface area contributed by atoms with E-state index >= 15 is 0 Å². The number of pyridine rings is 1. The third-order valence-electron chi connectivity index (χ3n) is 5.98. The first-order chi connectivity index (χ1) is 17.8. The van der Waals surface area contributed by atoms with E-state index in [1.165, 1.54) is 6.07 Å². The quantitative estimate of drug-likeness (QED) is 0.190. The van der Waals surface area contributed by atoms with Crippen LogP contribution in [0.2, 0.25) is 0 Å². The maximum absolute atomic E-state index is 13.2. The molecule has 0 fully saturated rings. The molecule has 1 amide bonds. The molecular formula is C28H23N5O3S. The molecule has 0 saturated heterocycles. The van der Waals surface area contributed by atoms with Crippen LogP contribution in [0, 0.1) is 5.41 Å². The number of rotatable bonds is 7. The van der Waals surface area contributed by atoms with Crippen molar-refractivity contribution in [1.29, 1.82) is 5.41 Å². The zero-order valence-corrected chi connectivity index (χ0v) is 20.4. The average molecular weight is 510 g/mol. The number of nitrogens with two attached hydrogens (primary N) is 1. The van der Waals surface area contributed by atoms with Gasteiger partial charge in [0.25, 0.3) is 15.9 Å². The monoisotopic (exact) mass is 509 g/mol. The van der Waals surface area contributed by atoms with Crippen LogP contribution in [-0.4, -0.2) is 25.1 Å². The number of para-hydroxylation sites is 1. The number of aromatic nitrogens is 1. The number of anilines is 1. The minimum atomic E-state index is -3.93. The molecular weight excluding hydrogens is 486 g/mol. The highest BCUT2D eigenvalue weighted by Crippen LogP contribution is 2.27. The lowest BCUT2D eigenvalue weighted by atomic mass is 10.0. The van der Waals surface area contributed by atoms with E-state index in [-0.39, 0.29) is 23.2 Å². The number of sulfonamides is 1. The SMILES string of the molecule is N=C(N)c1ccc(CNC(=O)c2cccc3ccc(NS(=O)(=O)c4cccc5cccnc45)cc23)cc1.